The van der Waals surface area contributed by atoms with Crippen molar-refractivity contribution in [2.75, 3.05) is 13.7 Å². The van der Waals surface area contributed by atoms with E-state index < -0.39 is 0 Å². The molecular weight excluding hydrogens is 204 g/mol. The number of aliphatic hydroxyl groups excluding tert-OH is 1. The van der Waals surface area contributed by atoms with Gasteiger partial charge in [0.25, 0.3) is 0 Å². The van der Waals surface area contributed by atoms with Crippen molar-refractivity contribution in [3.8, 4) is 5.88 Å². The van der Waals surface area contributed by atoms with Gasteiger partial charge in [-0.2, -0.15) is 0 Å². The van der Waals surface area contributed by atoms with Crippen molar-refractivity contribution >= 4 is 12.4 Å². The summed E-state index contributed by atoms with van der Waals surface area (Å²) in [4.78, 5) is 4.02. The Hall–Kier alpha value is -0.840. The maximum atomic E-state index is 8.67. The van der Waals surface area contributed by atoms with Gasteiger partial charge in [0, 0.05) is 24.9 Å². The molecule has 0 spiro atoms. The molecule has 3 N–H and O–H groups in total. The Labute approximate surface area is 89.5 Å². The molecule has 0 aliphatic heterocycles. The lowest BCUT2D eigenvalue weighted by Gasteiger charge is -2.09. The number of rotatable bonds is 4. The van der Waals surface area contributed by atoms with Crippen molar-refractivity contribution in [3.63, 3.8) is 0 Å². The van der Waals surface area contributed by atoms with Crippen LogP contribution in [0.3, 0.4) is 0 Å². The minimum Gasteiger partial charge on any atom is -0.481 e. The van der Waals surface area contributed by atoms with Crippen molar-refractivity contribution in [2.45, 2.75) is 12.5 Å². The molecule has 5 heteroatoms. The normalized spacial score (nSPS) is 11.6. The molecule has 0 aromatic carbocycles. The summed E-state index contributed by atoms with van der Waals surface area (Å²) in [6.45, 7) is 0.0905. The van der Waals surface area contributed by atoms with E-state index in [1.54, 1.807) is 19.4 Å². The Balaban J connectivity index is 0.00000169. The van der Waals surface area contributed by atoms with Crippen LogP contribution in [0.25, 0.3) is 0 Å². The van der Waals surface area contributed by atoms with Crippen molar-refractivity contribution in [1.29, 1.82) is 0 Å². The first-order valence-electron chi connectivity index (χ1n) is 4.14. The summed E-state index contributed by atoms with van der Waals surface area (Å²) in [7, 11) is 1.57. The van der Waals surface area contributed by atoms with E-state index >= 15 is 0 Å². The summed E-state index contributed by atoms with van der Waals surface area (Å²) < 4.78 is 4.91. The monoisotopic (exact) mass is 218 g/mol. The lowest BCUT2D eigenvalue weighted by atomic mass is 10.1. The lowest BCUT2D eigenvalue weighted by Crippen LogP contribution is -2.12. The van der Waals surface area contributed by atoms with Crippen molar-refractivity contribution in [1.82, 2.24) is 4.98 Å². The van der Waals surface area contributed by atoms with Gasteiger partial charge in [-0.3, -0.25) is 0 Å². The molecule has 1 atom stereocenters. The lowest BCUT2D eigenvalue weighted by molar-refractivity contribution is 0.276. The van der Waals surface area contributed by atoms with E-state index in [-0.39, 0.29) is 25.1 Å². The second-order valence-electron chi connectivity index (χ2n) is 2.75. The van der Waals surface area contributed by atoms with Crippen LogP contribution in [0.4, 0.5) is 0 Å². The number of methoxy groups -OCH3 is 1. The van der Waals surface area contributed by atoms with Gasteiger partial charge in [0.1, 0.15) is 0 Å². The molecular formula is C9H15ClN2O2. The van der Waals surface area contributed by atoms with E-state index in [0.717, 1.165) is 5.56 Å². The molecule has 1 heterocycles. The first-order valence-corrected chi connectivity index (χ1v) is 4.14. The molecule has 0 aliphatic carbocycles. The highest BCUT2D eigenvalue weighted by Crippen LogP contribution is 2.14. The molecule has 0 radical (unpaired) electrons. The van der Waals surface area contributed by atoms with Crippen LogP contribution < -0.4 is 10.5 Å². The van der Waals surface area contributed by atoms with Gasteiger partial charge >= 0.3 is 0 Å². The molecule has 0 aliphatic rings. The molecule has 80 valence electrons. The first-order chi connectivity index (χ1) is 6.27. The summed E-state index contributed by atoms with van der Waals surface area (Å²) in [5.74, 6) is 0.569. The molecule has 0 unspecified atom stereocenters. The largest absolute Gasteiger partial charge is 0.481 e. The number of aliphatic hydroxyl groups is 1. The Morgan fingerprint density at radius 2 is 2.29 bits per heavy atom. The van der Waals surface area contributed by atoms with Crippen LogP contribution in [0.2, 0.25) is 0 Å². The molecule has 4 nitrogen and oxygen atoms in total. The third-order valence-electron chi connectivity index (χ3n) is 1.84. The number of pyridine rings is 1. The predicted molar refractivity (Wildman–Crippen MR) is 56.7 cm³/mol. The topological polar surface area (TPSA) is 68.4 Å². The Bertz CT molecular complexity index is 253. The number of nitrogens with zero attached hydrogens (tertiary/aromatic N) is 1. The summed E-state index contributed by atoms with van der Waals surface area (Å²) in [6, 6.07) is 3.46. The Kier molecular flexibility index (Phi) is 6.19. The maximum absolute atomic E-state index is 8.67. The summed E-state index contributed by atoms with van der Waals surface area (Å²) in [5.41, 5.74) is 6.67. The maximum Gasteiger partial charge on any atom is 0.212 e. The predicted octanol–water partition coefficient (Wildman–Crippen LogP) is 0.894. The molecule has 0 saturated heterocycles. The zero-order valence-electron chi connectivity index (χ0n) is 8.01. The fourth-order valence-electron chi connectivity index (χ4n) is 1.04. The van der Waals surface area contributed by atoms with Gasteiger partial charge in [0.05, 0.1) is 7.11 Å². The molecule has 0 fully saturated rings. The van der Waals surface area contributed by atoms with Gasteiger partial charge in [-0.1, -0.05) is 6.07 Å². The number of nitrogens with two attached hydrogens (primary N) is 1. The van der Waals surface area contributed by atoms with E-state index in [0.29, 0.717) is 12.3 Å². The smallest absolute Gasteiger partial charge is 0.212 e. The van der Waals surface area contributed by atoms with Gasteiger partial charge in [0.15, 0.2) is 0 Å². The second-order valence-corrected chi connectivity index (χ2v) is 2.75. The van der Waals surface area contributed by atoms with Crippen LogP contribution in [0.15, 0.2) is 18.3 Å². The Morgan fingerprint density at radius 1 is 1.57 bits per heavy atom. The van der Waals surface area contributed by atoms with E-state index in [9.17, 15) is 0 Å². The summed E-state index contributed by atoms with van der Waals surface area (Å²) in [5, 5.41) is 8.67. The summed E-state index contributed by atoms with van der Waals surface area (Å²) in [6.07, 6.45) is 2.22. The highest BCUT2D eigenvalue weighted by molar-refractivity contribution is 5.85. The molecule has 1 aromatic heterocycles. The van der Waals surface area contributed by atoms with Gasteiger partial charge in [0.2, 0.25) is 5.88 Å². The first kappa shape index (κ1) is 13.2. The summed E-state index contributed by atoms with van der Waals surface area (Å²) >= 11 is 0. The van der Waals surface area contributed by atoms with Gasteiger partial charge < -0.3 is 15.6 Å². The van der Waals surface area contributed by atoms with Gasteiger partial charge in [-0.05, 0) is 12.0 Å². The van der Waals surface area contributed by atoms with Crippen LogP contribution >= 0.6 is 12.4 Å². The fourth-order valence-corrected chi connectivity index (χ4v) is 1.04. The van der Waals surface area contributed by atoms with Crippen LogP contribution in [0.5, 0.6) is 5.88 Å². The second kappa shape index (κ2) is 6.59. The van der Waals surface area contributed by atoms with E-state index in [2.05, 4.69) is 4.98 Å². The minimum atomic E-state index is -0.150. The number of ether oxygens (including phenoxy) is 1. The highest BCUT2D eigenvalue weighted by atomic mass is 35.5. The third-order valence-corrected chi connectivity index (χ3v) is 1.84. The van der Waals surface area contributed by atoms with Gasteiger partial charge in [-0.25, -0.2) is 4.98 Å². The van der Waals surface area contributed by atoms with Crippen molar-refractivity contribution in [2.24, 2.45) is 5.73 Å². The van der Waals surface area contributed by atoms with Crippen LogP contribution in [-0.2, 0) is 0 Å². The average Bonchev–Trinajstić information content (AvgIpc) is 2.18. The quantitative estimate of drug-likeness (QED) is 0.788. The number of halogens is 1. The molecule has 0 amide bonds. The van der Waals surface area contributed by atoms with Crippen molar-refractivity contribution < 1.29 is 9.84 Å². The molecule has 0 bridgehead atoms. The van der Waals surface area contributed by atoms with Gasteiger partial charge in [-0.15, -0.1) is 12.4 Å². The van der Waals surface area contributed by atoms with E-state index in [1.165, 1.54) is 0 Å². The third kappa shape index (κ3) is 3.49. The average molecular weight is 219 g/mol. The van der Waals surface area contributed by atoms with Crippen molar-refractivity contribution in [3.05, 3.63) is 23.9 Å². The van der Waals surface area contributed by atoms with Crippen LogP contribution in [0, 0.1) is 0 Å². The molecule has 1 aromatic rings. The molecule has 1 rings (SSSR count). The SMILES string of the molecule is COc1ccc([C@H](N)CCO)cn1.Cl. The zero-order valence-corrected chi connectivity index (χ0v) is 8.83. The number of hydrogen-bond donors (Lipinski definition) is 2. The Morgan fingerprint density at radius 3 is 2.71 bits per heavy atom. The van der Waals surface area contributed by atoms with E-state index in [4.69, 9.17) is 15.6 Å². The van der Waals surface area contributed by atoms with E-state index in [1.807, 2.05) is 6.07 Å². The zero-order chi connectivity index (χ0) is 9.68. The number of hydrogen-bond acceptors (Lipinski definition) is 4. The molecule has 0 saturated carbocycles. The van der Waals surface area contributed by atoms with Crippen LogP contribution in [0.1, 0.15) is 18.0 Å². The molecule has 14 heavy (non-hydrogen) atoms. The standard InChI is InChI=1S/C9H14N2O2.ClH/c1-13-9-3-2-7(6-11-9)8(10)4-5-12;/h2-3,6,8,12H,4-5,10H2,1H3;1H/t8-;/m1./s1. The highest BCUT2D eigenvalue weighted by Gasteiger charge is 2.05. The van der Waals surface area contributed by atoms with Crippen LogP contribution in [-0.4, -0.2) is 23.8 Å². The minimum absolute atomic E-state index is 0. The fraction of sp³-hybridized carbons (Fsp3) is 0.444. The number of aromatic nitrogens is 1.